The first kappa shape index (κ1) is 15.5. The van der Waals surface area contributed by atoms with Gasteiger partial charge in [-0.3, -0.25) is 0 Å². The topological polar surface area (TPSA) is 35.5 Å². The van der Waals surface area contributed by atoms with Crippen LogP contribution in [-0.2, 0) is 14.0 Å². The zero-order valence-electron chi connectivity index (χ0n) is 12.9. The molecule has 0 amide bonds. The van der Waals surface area contributed by atoms with Gasteiger partial charge < -0.3 is 14.0 Å². The average molecular weight is 316 g/mol. The molecule has 1 heterocycles. The molecular weight excluding hydrogens is 295 g/mol. The molecule has 3 rings (SSSR count). The summed E-state index contributed by atoms with van der Waals surface area (Å²) in [5.74, 6) is 0. The number of rotatable bonds is 3. The van der Waals surface area contributed by atoms with Gasteiger partial charge in [0, 0.05) is 10.6 Å². The summed E-state index contributed by atoms with van der Waals surface area (Å²) in [7, 11) is -3.02. The second-order valence-corrected chi connectivity index (χ2v) is 8.54. The minimum atomic E-state index is -3.02. The van der Waals surface area contributed by atoms with E-state index in [1.54, 1.807) is 0 Å². The van der Waals surface area contributed by atoms with Gasteiger partial charge in [0.05, 0.1) is 12.2 Å². The number of hydrogen-bond acceptors (Lipinski definition) is 3. The highest BCUT2D eigenvalue weighted by Crippen LogP contribution is 2.51. The highest BCUT2D eigenvalue weighted by Gasteiger charge is 2.42. The van der Waals surface area contributed by atoms with E-state index in [0.29, 0.717) is 0 Å². The van der Waals surface area contributed by atoms with Crippen LogP contribution in [0.3, 0.4) is 0 Å². The number of benzene rings is 2. The van der Waals surface area contributed by atoms with Crippen molar-refractivity contribution in [2.24, 2.45) is 0 Å². The van der Waals surface area contributed by atoms with E-state index in [9.17, 15) is 4.57 Å². The lowest BCUT2D eigenvalue weighted by Gasteiger charge is -2.37. The molecule has 1 unspecified atom stereocenters. The van der Waals surface area contributed by atoms with Crippen LogP contribution in [0.2, 0.25) is 0 Å². The molecule has 0 radical (unpaired) electrons. The van der Waals surface area contributed by atoms with Crippen molar-refractivity contribution in [1.82, 2.24) is 0 Å². The van der Waals surface area contributed by atoms with Crippen LogP contribution in [0.1, 0.15) is 20.3 Å². The van der Waals surface area contributed by atoms with Crippen LogP contribution < -0.4 is 10.6 Å². The summed E-state index contributed by atoms with van der Waals surface area (Å²) in [6.07, 6.45) is 0.893. The van der Waals surface area contributed by atoms with Crippen LogP contribution in [-0.4, -0.2) is 18.2 Å². The third-order valence-electron chi connectivity index (χ3n) is 3.94. The maximum absolute atomic E-state index is 14.0. The van der Waals surface area contributed by atoms with E-state index < -0.39 is 13.2 Å². The van der Waals surface area contributed by atoms with E-state index in [1.807, 2.05) is 74.5 Å². The Kier molecular flexibility index (Phi) is 4.49. The van der Waals surface area contributed by atoms with Crippen molar-refractivity contribution in [3.8, 4) is 0 Å². The Bertz CT molecular complexity index is 603. The van der Waals surface area contributed by atoms with Gasteiger partial charge in [-0.25, -0.2) is 0 Å². The molecule has 0 N–H and O–H groups in total. The maximum atomic E-state index is 14.0. The lowest BCUT2D eigenvalue weighted by molar-refractivity contribution is -0.191. The van der Waals surface area contributed by atoms with Crippen LogP contribution in [0.15, 0.2) is 60.7 Å². The van der Waals surface area contributed by atoms with Crippen molar-refractivity contribution in [2.75, 3.05) is 0 Å². The van der Waals surface area contributed by atoms with Crippen LogP contribution in [0.5, 0.6) is 0 Å². The fourth-order valence-electron chi connectivity index (χ4n) is 2.87. The second-order valence-electron chi connectivity index (χ2n) is 5.77. The molecule has 3 nitrogen and oxygen atoms in total. The molecule has 2 aromatic carbocycles. The van der Waals surface area contributed by atoms with E-state index in [1.165, 1.54) is 0 Å². The van der Waals surface area contributed by atoms with Gasteiger partial charge in [0.15, 0.2) is 7.14 Å². The van der Waals surface area contributed by atoms with Crippen LogP contribution in [0, 0.1) is 0 Å². The second kappa shape index (κ2) is 6.37. The van der Waals surface area contributed by atoms with Crippen molar-refractivity contribution < 1.29 is 14.0 Å². The van der Waals surface area contributed by atoms with Crippen LogP contribution in [0.4, 0.5) is 0 Å². The van der Waals surface area contributed by atoms with Gasteiger partial charge in [0.25, 0.3) is 0 Å². The zero-order valence-corrected chi connectivity index (χ0v) is 13.8. The quantitative estimate of drug-likeness (QED) is 0.813. The molecular formula is C18H21O3P. The summed E-state index contributed by atoms with van der Waals surface area (Å²) < 4.78 is 25.9. The SMILES string of the molecule is C[C@@H]1C[C@H](C)OC(P(=O)(c2ccccc2)c2ccccc2)O1. The lowest BCUT2D eigenvalue weighted by Crippen LogP contribution is -2.39. The minimum absolute atomic E-state index is 0.0366. The molecule has 1 saturated heterocycles. The maximum Gasteiger partial charge on any atom is 0.220 e. The Morgan fingerprint density at radius 1 is 0.818 bits per heavy atom. The molecule has 22 heavy (non-hydrogen) atoms. The van der Waals surface area contributed by atoms with Gasteiger partial charge in [-0.2, -0.15) is 0 Å². The largest absolute Gasteiger partial charge is 0.342 e. The predicted molar refractivity (Wildman–Crippen MR) is 89.3 cm³/mol. The standard InChI is InChI=1S/C18H21O3P/c1-14-13-15(2)21-18(20-14)22(19,16-9-5-3-6-10-16)17-11-7-4-8-12-17/h3-12,14-15,18H,13H2,1-2H3/t14-,15+,18?. The van der Waals surface area contributed by atoms with Gasteiger partial charge in [-0.1, -0.05) is 60.7 Å². The Morgan fingerprint density at radius 2 is 1.23 bits per heavy atom. The van der Waals surface area contributed by atoms with Gasteiger partial charge in [-0.05, 0) is 20.3 Å². The van der Waals surface area contributed by atoms with Gasteiger partial charge >= 0.3 is 0 Å². The van der Waals surface area contributed by atoms with Gasteiger partial charge in [0.2, 0.25) is 6.03 Å². The van der Waals surface area contributed by atoms with E-state index in [2.05, 4.69) is 0 Å². The molecule has 0 aliphatic carbocycles. The van der Waals surface area contributed by atoms with Crippen LogP contribution in [0.25, 0.3) is 0 Å². The summed E-state index contributed by atoms with van der Waals surface area (Å²) >= 11 is 0. The fourth-order valence-corrected chi connectivity index (χ4v) is 5.64. The first-order chi connectivity index (χ1) is 10.6. The molecule has 116 valence electrons. The highest BCUT2D eigenvalue weighted by atomic mass is 31.2. The van der Waals surface area contributed by atoms with Crippen molar-refractivity contribution in [3.05, 3.63) is 60.7 Å². The number of ether oxygens (including phenoxy) is 2. The third-order valence-corrected chi connectivity index (χ3v) is 6.91. The normalized spacial score (nSPS) is 25.8. The monoisotopic (exact) mass is 316 g/mol. The molecule has 0 spiro atoms. The lowest BCUT2D eigenvalue weighted by atomic mass is 10.2. The first-order valence-electron chi connectivity index (χ1n) is 7.62. The van der Waals surface area contributed by atoms with E-state index in [4.69, 9.17) is 9.47 Å². The summed E-state index contributed by atoms with van der Waals surface area (Å²) in [6.45, 7) is 4.01. The average Bonchev–Trinajstić information content (AvgIpc) is 2.55. The van der Waals surface area contributed by atoms with E-state index in [-0.39, 0.29) is 12.2 Å². The Labute approximate surface area is 131 Å². The molecule has 2 aromatic rings. The molecule has 0 bridgehead atoms. The summed E-state index contributed by atoms with van der Waals surface area (Å²) in [5.41, 5.74) is 0. The summed E-state index contributed by atoms with van der Waals surface area (Å²) in [5, 5.41) is 1.54. The molecule has 3 atom stereocenters. The number of hydrogen-bond donors (Lipinski definition) is 0. The molecule has 4 heteroatoms. The highest BCUT2D eigenvalue weighted by molar-refractivity contribution is 7.79. The zero-order chi connectivity index (χ0) is 15.6. The molecule has 0 saturated carbocycles. The predicted octanol–water partition coefficient (Wildman–Crippen LogP) is 3.50. The van der Waals surface area contributed by atoms with Gasteiger partial charge in [-0.15, -0.1) is 0 Å². The van der Waals surface area contributed by atoms with Crippen molar-refractivity contribution >= 4 is 17.8 Å². The van der Waals surface area contributed by atoms with Gasteiger partial charge in [0.1, 0.15) is 0 Å². The molecule has 0 aromatic heterocycles. The fraction of sp³-hybridized carbons (Fsp3) is 0.333. The Balaban J connectivity index is 2.10. The van der Waals surface area contributed by atoms with Crippen LogP contribution >= 0.6 is 7.14 Å². The third kappa shape index (κ3) is 2.89. The van der Waals surface area contributed by atoms with Crippen molar-refractivity contribution in [3.63, 3.8) is 0 Å². The van der Waals surface area contributed by atoms with E-state index in [0.717, 1.165) is 17.0 Å². The van der Waals surface area contributed by atoms with Crippen molar-refractivity contribution in [1.29, 1.82) is 0 Å². The van der Waals surface area contributed by atoms with Crippen molar-refractivity contribution in [2.45, 2.75) is 38.5 Å². The Morgan fingerprint density at radius 3 is 1.64 bits per heavy atom. The molecule has 1 aliphatic heterocycles. The smallest absolute Gasteiger partial charge is 0.220 e. The molecule has 1 aliphatic rings. The first-order valence-corrected chi connectivity index (χ1v) is 9.40. The Hall–Kier alpha value is -1.41. The summed E-state index contributed by atoms with van der Waals surface area (Å²) in [6, 6.07) is 18.3. The van der Waals surface area contributed by atoms with E-state index >= 15 is 0 Å². The summed E-state index contributed by atoms with van der Waals surface area (Å²) in [4.78, 5) is 0. The molecule has 1 fully saturated rings. The minimum Gasteiger partial charge on any atom is -0.342 e.